The number of ether oxygens (including phenoxy) is 1. The Morgan fingerprint density at radius 3 is 2.70 bits per heavy atom. The molecule has 1 atom stereocenters. The Kier molecular flexibility index (Phi) is 6.02. The Morgan fingerprint density at radius 2 is 2.03 bits per heavy atom. The summed E-state index contributed by atoms with van der Waals surface area (Å²) in [6.45, 7) is 2.64. The first-order valence-electron chi connectivity index (χ1n) is 8.82. The molecule has 0 saturated carbocycles. The van der Waals surface area contributed by atoms with Gasteiger partial charge in [-0.1, -0.05) is 11.6 Å². The number of rotatable bonds is 5. The summed E-state index contributed by atoms with van der Waals surface area (Å²) in [5.41, 5.74) is 0.994. The van der Waals surface area contributed by atoms with Crippen LogP contribution >= 0.6 is 11.6 Å². The SMILES string of the molecule is Cc1cc2c(cc1S(=O)(=O)N(C)CC(=O)Nc1ccc(F)c(Cl)c1)O[C@H](C)C(=O)N2. The Balaban J connectivity index is 1.79. The van der Waals surface area contributed by atoms with E-state index in [1.807, 2.05) is 0 Å². The minimum Gasteiger partial charge on any atom is -0.479 e. The first kappa shape index (κ1) is 22.0. The molecule has 0 aromatic heterocycles. The fourth-order valence-corrected chi connectivity index (χ4v) is 4.38. The Bertz CT molecular complexity index is 1140. The molecule has 0 aliphatic carbocycles. The number of hydrogen-bond acceptors (Lipinski definition) is 5. The van der Waals surface area contributed by atoms with Crippen molar-refractivity contribution in [3.05, 3.63) is 46.7 Å². The zero-order chi connectivity index (χ0) is 22.2. The largest absolute Gasteiger partial charge is 0.479 e. The lowest BCUT2D eigenvalue weighted by molar-refractivity contribution is -0.122. The topological polar surface area (TPSA) is 105 Å². The van der Waals surface area contributed by atoms with Crippen LogP contribution in [-0.2, 0) is 19.6 Å². The van der Waals surface area contributed by atoms with Crippen LogP contribution in [0.15, 0.2) is 35.2 Å². The molecule has 30 heavy (non-hydrogen) atoms. The van der Waals surface area contributed by atoms with Gasteiger partial charge in [0.1, 0.15) is 11.6 Å². The van der Waals surface area contributed by atoms with Gasteiger partial charge in [-0.15, -0.1) is 0 Å². The Morgan fingerprint density at radius 1 is 1.33 bits per heavy atom. The number of nitrogens with zero attached hydrogens (tertiary/aromatic N) is 1. The van der Waals surface area contributed by atoms with Crippen molar-refractivity contribution in [2.75, 3.05) is 24.2 Å². The molecule has 2 aromatic carbocycles. The maximum Gasteiger partial charge on any atom is 0.265 e. The van der Waals surface area contributed by atoms with E-state index in [0.29, 0.717) is 11.3 Å². The van der Waals surface area contributed by atoms with E-state index in [1.165, 1.54) is 31.3 Å². The van der Waals surface area contributed by atoms with Gasteiger partial charge in [0.2, 0.25) is 15.9 Å². The number of fused-ring (bicyclic) bond motifs is 1. The molecule has 2 N–H and O–H groups in total. The molecule has 3 rings (SSSR count). The van der Waals surface area contributed by atoms with Gasteiger partial charge in [-0.3, -0.25) is 9.59 Å². The molecule has 0 unspecified atom stereocenters. The second-order valence-corrected chi connectivity index (χ2v) is 9.22. The average Bonchev–Trinajstić information content (AvgIpc) is 2.65. The summed E-state index contributed by atoms with van der Waals surface area (Å²) in [5, 5.41) is 4.96. The van der Waals surface area contributed by atoms with Crippen LogP contribution in [0.5, 0.6) is 5.75 Å². The minimum atomic E-state index is -4.04. The van der Waals surface area contributed by atoms with E-state index in [2.05, 4.69) is 10.6 Å². The molecular weight excluding hydrogens is 437 g/mol. The van der Waals surface area contributed by atoms with Crippen LogP contribution in [0.2, 0.25) is 5.02 Å². The summed E-state index contributed by atoms with van der Waals surface area (Å²) in [7, 11) is -2.78. The van der Waals surface area contributed by atoms with Gasteiger partial charge in [0, 0.05) is 18.8 Å². The minimum absolute atomic E-state index is 0.0512. The zero-order valence-corrected chi connectivity index (χ0v) is 17.9. The van der Waals surface area contributed by atoms with Crippen molar-refractivity contribution in [2.45, 2.75) is 24.8 Å². The fraction of sp³-hybridized carbons (Fsp3) is 0.263. The molecule has 2 aromatic rings. The van der Waals surface area contributed by atoms with E-state index in [0.717, 1.165) is 10.4 Å². The van der Waals surface area contributed by atoms with Crippen molar-refractivity contribution in [1.29, 1.82) is 0 Å². The average molecular weight is 456 g/mol. The summed E-state index contributed by atoms with van der Waals surface area (Å²) in [6.07, 6.45) is -0.762. The van der Waals surface area contributed by atoms with E-state index >= 15 is 0 Å². The van der Waals surface area contributed by atoms with Crippen LogP contribution in [0.25, 0.3) is 0 Å². The lowest BCUT2D eigenvalue weighted by atomic mass is 10.1. The summed E-state index contributed by atoms with van der Waals surface area (Å²) in [4.78, 5) is 23.9. The lowest BCUT2D eigenvalue weighted by Crippen LogP contribution is -2.36. The predicted octanol–water partition coefficient (Wildman–Crippen LogP) is 2.77. The van der Waals surface area contributed by atoms with Gasteiger partial charge in [0.25, 0.3) is 5.91 Å². The van der Waals surface area contributed by atoms with Crippen molar-refractivity contribution in [3.63, 3.8) is 0 Å². The highest BCUT2D eigenvalue weighted by atomic mass is 35.5. The monoisotopic (exact) mass is 455 g/mol. The number of halogens is 2. The smallest absolute Gasteiger partial charge is 0.265 e. The molecule has 160 valence electrons. The molecule has 11 heteroatoms. The van der Waals surface area contributed by atoms with E-state index in [-0.39, 0.29) is 27.3 Å². The first-order valence-corrected chi connectivity index (χ1v) is 10.6. The molecule has 2 amide bonds. The molecule has 0 saturated heterocycles. The summed E-state index contributed by atoms with van der Waals surface area (Å²) < 4.78 is 45.6. The lowest BCUT2D eigenvalue weighted by Gasteiger charge is -2.25. The first-order chi connectivity index (χ1) is 14.0. The van der Waals surface area contributed by atoms with E-state index in [1.54, 1.807) is 13.8 Å². The van der Waals surface area contributed by atoms with E-state index in [4.69, 9.17) is 16.3 Å². The van der Waals surface area contributed by atoms with Crippen LogP contribution in [0, 0.1) is 12.7 Å². The molecular formula is C19H19ClFN3O5S. The van der Waals surface area contributed by atoms with Crippen molar-refractivity contribution < 1.29 is 27.1 Å². The fourth-order valence-electron chi connectivity index (χ4n) is 2.85. The number of nitrogens with one attached hydrogen (secondary N) is 2. The van der Waals surface area contributed by atoms with Crippen LogP contribution in [0.3, 0.4) is 0 Å². The molecule has 8 nitrogen and oxygen atoms in total. The number of benzene rings is 2. The third-order valence-corrected chi connectivity index (χ3v) is 6.70. The van der Waals surface area contributed by atoms with Crippen molar-refractivity contribution in [1.82, 2.24) is 4.31 Å². The van der Waals surface area contributed by atoms with Gasteiger partial charge < -0.3 is 15.4 Å². The number of aryl methyl sites for hydroxylation is 1. The highest BCUT2D eigenvalue weighted by molar-refractivity contribution is 7.89. The van der Waals surface area contributed by atoms with Crippen molar-refractivity contribution in [2.24, 2.45) is 0 Å². The second-order valence-electron chi connectivity index (χ2n) is 6.80. The highest BCUT2D eigenvalue weighted by Crippen LogP contribution is 2.35. The molecule has 0 spiro atoms. The van der Waals surface area contributed by atoms with Crippen LogP contribution in [0.4, 0.5) is 15.8 Å². The number of carbonyl (C=O) groups is 2. The third kappa shape index (κ3) is 4.40. The highest BCUT2D eigenvalue weighted by Gasteiger charge is 2.30. The number of amides is 2. The van der Waals surface area contributed by atoms with Gasteiger partial charge in [-0.05, 0) is 43.7 Å². The molecule has 1 aliphatic rings. The number of carbonyl (C=O) groups excluding carboxylic acids is 2. The molecule has 1 aliphatic heterocycles. The predicted molar refractivity (Wildman–Crippen MR) is 110 cm³/mol. The van der Waals surface area contributed by atoms with Crippen LogP contribution in [-0.4, -0.2) is 44.2 Å². The van der Waals surface area contributed by atoms with Gasteiger partial charge >= 0.3 is 0 Å². The quantitative estimate of drug-likeness (QED) is 0.721. The van der Waals surface area contributed by atoms with Crippen molar-refractivity contribution in [3.8, 4) is 5.75 Å². The van der Waals surface area contributed by atoms with Gasteiger partial charge in [-0.2, -0.15) is 4.31 Å². The standard InChI is InChI=1S/C19H19ClFN3O5S/c1-10-6-15-16(29-11(2)19(26)23-15)8-17(10)30(27,28)24(3)9-18(25)22-12-4-5-14(21)13(20)7-12/h4-8,11H,9H2,1-3H3,(H,22,25)(H,23,26)/t11-/m1/s1. The molecule has 0 bridgehead atoms. The maximum absolute atomic E-state index is 13.2. The van der Waals surface area contributed by atoms with Gasteiger partial charge in [-0.25, -0.2) is 12.8 Å². The molecule has 0 radical (unpaired) electrons. The summed E-state index contributed by atoms with van der Waals surface area (Å²) in [5.74, 6) is -1.36. The molecule has 0 fully saturated rings. The number of anilines is 2. The van der Waals surface area contributed by atoms with Crippen molar-refractivity contribution >= 4 is 44.8 Å². The number of hydrogen-bond donors (Lipinski definition) is 2. The Hall–Kier alpha value is -2.69. The number of sulfonamides is 1. The summed E-state index contributed by atoms with van der Waals surface area (Å²) >= 11 is 5.68. The van der Waals surface area contributed by atoms with Gasteiger partial charge in [0.05, 0.1) is 22.2 Å². The molecule has 1 heterocycles. The summed E-state index contributed by atoms with van der Waals surface area (Å²) in [6, 6.07) is 6.46. The van der Waals surface area contributed by atoms with E-state index < -0.39 is 34.4 Å². The van der Waals surface area contributed by atoms with Gasteiger partial charge in [0.15, 0.2) is 6.10 Å². The second kappa shape index (κ2) is 8.21. The maximum atomic E-state index is 13.2. The Labute approximate surface area is 178 Å². The zero-order valence-electron chi connectivity index (χ0n) is 16.3. The number of likely N-dealkylation sites (N-methyl/N-ethyl adjacent to an activating group) is 1. The van der Waals surface area contributed by atoms with E-state index in [9.17, 15) is 22.4 Å². The third-order valence-electron chi connectivity index (χ3n) is 4.47. The normalized spacial score (nSPS) is 15.9. The van der Waals surface area contributed by atoms with Crippen LogP contribution < -0.4 is 15.4 Å². The van der Waals surface area contributed by atoms with Crippen LogP contribution in [0.1, 0.15) is 12.5 Å².